The van der Waals surface area contributed by atoms with Gasteiger partial charge in [-0.15, -0.1) is 0 Å². The van der Waals surface area contributed by atoms with Crippen LogP contribution in [-0.2, 0) is 9.59 Å². The van der Waals surface area contributed by atoms with Gasteiger partial charge in [-0.1, -0.05) is 19.3 Å². The molecule has 1 fully saturated rings. The minimum absolute atomic E-state index is 0.0120. The molecule has 5 nitrogen and oxygen atoms in total. The quantitative estimate of drug-likeness (QED) is 0.772. The molecule has 116 valence electrons. The van der Waals surface area contributed by atoms with E-state index in [0.29, 0.717) is 12.3 Å². The van der Waals surface area contributed by atoms with Crippen molar-refractivity contribution in [2.45, 2.75) is 58.0 Å². The van der Waals surface area contributed by atoms with Gasteiger partial charge in [-0.2, -0.15) is 0 Å². The highest BCUT2D eigenvalue weighted by Gasteiger charge is 2.21. The number of hydrogen-bond donors (Lipinski definition) is 2. The highest BCUT2D eigenvalue weighted by molar-refractivity contribution is 5.84. The topological polar surface area (TPSA) is 69.6 Å². The van der Waals surface area contributed by atoms with E-state index >= 15 is 0 Å². The molecule has 2 N–H and O–H groups in total. The molecule has 2 amide bonds. The first-order valence-corrected chi connectivity index (χ1v) is 7.51. The first-order chi connectivity index (χ1) is 9.28. The molecule has 0 saturated heterocycles. The smallest absolute Gasteiger partial charge is 0.241 e. The maximum Gasteiger partial charge on any atom is 0.241 e. The molecule has 0 radical (unpaired) electrons. The lowest BCUT2D eigenvalue weighted by atomic mass is 9.87. The maximum absolute atomic E-state index is 11.8. The Morgan fingerprint density at radius 1 is 1.25 bits per heavy atom. The van der Waals surface area contributed by atoms with E-state index in [1.54, 1.807) is 20.9 Å². The van der Waals surface area contributed by atoms with Crippen LogP contribution in [0.5, 0.6) is 0 Å². The lowest BCUT2D eigenvalue weighted by molar-refractivity contribution is -0.134. The largest absolute Gasteiger partial charge is 0.389 e. The summed E-state index contributed by atoms with van der Waals surface area (Å²) >= 11 is 0. The molecule has 0 aromatic heterocycles. The number of likely N-dealkylation sites (N-methyl/N-ethyl adjacent to an activating group) is 1. The number of nitrogens with zero attached hydrogens (tertiary/aromatic N) is 1. The van der Waals surface area contributed by atoms with Crippen LogP contribution < -0.4 is 5.32 Å². The van der Waals surface area contributed by atoms with Crippen LogP contribution in [0.2, 0.25) is 0 Å². The number of carbonyl (C=O) groups is 2. The van der Waals surface area contributed by atoms with Crippen LogP contribution >= 0.6 is 0 Å². The second-order valence-corrected chi connectivity index (χ2v) is 6.55. The molecule has 0 aromatic carbocycles. The Kier molecular flexibility index (Phi) is 6.46. The van der Waals surface area contributed by atoms with Crippen LogP contribution in [0.4, 0.5) is 0 Å². The molecule has 20 heavy (non-hydrogen) atoms. The molecule has 1 saturated carbocycles. The molecule has 0 aromatic rings. The van der Waals surface area contributed by atoms with Gasteiger partial charge in [0, 0.05) is 20.0 Å². The van der Waals surface area contributed by atoms with E-state index in [1.807, 2.05) is 0 Å². The number of aliphatic hydroxyl groups is 1. The number of nitrogens with one attached hydrogen (secondary N) is 1. The average Bonchev–Trinajstić information content (AvgIpc) is 2.35. The summed E-state index contributed by atoms with van der Waals surface area (Å²) in [6, 6.07) is 0. The van der Waals surface area contributed by atoms with Crippen molar-refractivity contribution in [1.29, 1.82) is 0 Å². The first-order valence-electron chi connectivity index (χ1n) is 7.51. The SMILES string of the molecule is CN(CC(C)(C)O)C(=O)CNC(=O)CC1CCCCC1. The second-order valence-electron chi connectivity index (χ2n) is 6.55. The van der Waals surface area contributed by atoms with Crippen molar-refractivity contribution in [3.63, 3.8) is 0 Å². The molecule has 0 spiro atoms. The number of amides is 2. The zero-order valence-corrected chi connectivity index (χ0v) is 12.9. The second kappa shape index (κ2) is 7.62. The molecule has 0 atom stereocenters. The summed E-state index contributed by atoms with van der Waals surface area (Å²) in [6.07, 6.45) is 6.48. The Labute approximate surface area is 121 Å². The predicted molar refractivity (Wildman–Crippen MR) is 78.1 cm³/mol. The lowest BCUT2D eigenvalue weighted by Gasteiger charge is -2.26. The van der Waals surface area contributed by atoms with E-state index < -0.39 is 5.60 Å². The minimum Gasteiger partial charge on any atom is -0.389 e. The molecular weight excluding hydrogens is 256 g/mol. The highest BCUT2D eigenvalue weighted by Crippen LogP contribution is 2.25. The van der Waals surface area contributed by atoms with Gasteiger partial charge in [0.2, 0.25) is 11.8 Å². The predicted octanol–water partition coefficient (Wildman–Crippen LogP) is 1.30. The third kappa shape index (κ3) is 6.89. The Balaban J connectivity index is 2.24. The van der Waals surface area contributed by atoms with Gasteiger partial charge < -0.3 is 15.3 Å². The Hall–Kier alpha value is -1.10. The van der Waals surface area contributed by atoms with Gasteiger partial charge in [0.05, 0.1) is 12.1 Å². The third-order valence-corrected chi connectivity index (χ3v) is 3.69. The van der Waals surface area contributed by atoms with E-state index in [-0.39, 0.29) is 24.9 Å². The maximum atomic E-state index is 11.8. The van der Waals surface area contributed by atoms with E-state index in [0.717, 1.165) is 12.8 Å². The van der Waals surface area contributed by atoms with Gasteiger partial charge in [0.1, 0.15) is 0 Å². The molecule has 0 unspecified atom stereocenters. The standard InChI is InChI=1S/C15H28N2O3/c1-15(2,20)11-17(3)14(19)10-16-13(18)9-12-7-5-4-6-8-12/h12,20H,4-11H2,1-3H3,(H,16,18). The normalized spacial score (nSPS) is 16.8. The average molecular weight is 284 g/mol. The molecule has 1 aliphatic rings. The van der Waals surface area contributed by atoms with E-state index in [4.69, 9.17) is 0 Å². The fourth-order valence-electron chi connectivity index (χ4n) is 2.70. The Bertz CT molecular complexity index is 331. The zero-order chi connectivity index (χ0) is 15.2. The summed E-state index contributed by atoms with van der Waals surface area (Å²) < 4.78 is 0. The monoisotopic (exact) mass is 284 g/mol. The molecule has 0 aliphatic heterocycles. The van der Waals surface area contributed by atoms with Crippen molar-refractivity contribution in [3.05, 3.63) is 0 Å². The van der Waals surface area contributed by atoms with E-state index in [2.05, 4.69) is 5.32 Å². The van der Waals surface area contributed by atoms with Crippen LogP contribution in [0.1, 0.15) is 52.4 Å². The van der Waals surface area contributed by atoms with Crippen LogP contribution in [0.25, 0.3) is 0 Å². The molecule has 1 rings (SSSR count). The Morgan fingerprint density at radius 3 is 2.40 bits per heavy atom. The van der Waals surface area contributed by atoms with Gasteiger partial charge in [0.25, 0.3) is 0 Å². The molecule has 0 heterocycles. The van der Waals surface area contributed by atoms with Crippen molar-refractivity contribution in [3.8, 4) is 0 Å². The van der Waals surface area contributed by atoms with Crippen LogP contribution in [0, 0.1) is 5.92 Å². The number of carbonyl (C=O) groups excluding carboxylic acids is 2. The summed E-state index contributed by atoms with van der Waals surface area (Å²) in [4.78, 5) is 25.1. The van der Waals surface area contributed by atoms with Crippen LogP contribution in [-0.4, -0.2) is 47.6 Å². The third-order valence-electron chi connectivity index (χ3n) is 3.69. The van der Waals surface area contributed by atoms with Gasteiger partial charge in [0.15, 0.2) is 0 Å². The van der Waals surface area contributed by atoms with Gasteiger partial charge in [-0.25, -0.2) is 0 Å². The summed E-state index contributed by atoms with van der Waals surface area (Å²) in [6.45, 7) is 3.57. The molecule has 0 bridgehead atoms. The van der Waals surface area contributed by atoms with Crippen LogP contribution in [0.15, 0.2) is 0 Å². The summed E-state index contributed by atoms with van der Waals surface area (Å²) in [5.74, 6) is 0.263. The lowest BCUT2D eigenvalue weighted by Crippen LogP contribution is -2.44. The van der Waals surface area contributed by atoms with Gasteiger partial charge >= 0.3 is 0 Å². The summed E-state index contributed by atoms with van der Waals surface area (Å²) in [5.41, 5.74) is -0.920. The van der Waals surface area contributed by atoms with Crippen molar-refractivity contribution in [2.75, 3.05) is 20.1 Å². The first kappa shape index (κ1) is 17.0. The molecule has 5 heteroatoms. The van der Waals surface area contributed by atoms with Gasteiger partial charge in [-0.05, 0) is 32.6 Å². The van der Waals surface area contributed by atoms with E-state index in [9.17, 15) is 14.7 Å². The van der Waals surface area contributed by atoms with E-state index in [1.165, 1.54) is 24.2 Å². The van der Waals surface area contributed by atoms with Crippen molar-refractivity contribution in [2.24, 2.45) is 5.92 Å². The van der Waals surface area contributed by atoms with Crippen molar-refractivity contribution >= 4 is 11.8 Å². The highest BCUT2D eigenvalue weighted by atomic mass is 16.3. The minimum atomic E-state index is -0.920. The number of hydrogen-bond acceptors (Lipinski definition) is 3. The number of rotatable bonds is 6. The van der Waals surface area contributed by atoms with Crippen molar-refractivity contribution in [1.82, 2.24) is 10.2 Å². The Morgan fingerprint density at radius 2 is 1.85 bits per heavy atom. The summed E-state index contributed by atoms with van der Waals surface area (Å²) in [5, 5.41) is 12.3. The van der Waals surface area contributed by atoms with Gasteiger partial charge in [-0.3, -0.25) is 9.59 Å². The fourth-order valence-corrected chi connectivity index (χ4v) is 2.70. The molecule has 1 aliphatic carbocycles. The molecular formula is C15H28N2O3. The fraction of sp³-hybridized carbons (Fsp3) is 0.867. The van der Waals surface area contributed by atoms with Crippen molar-refractivity contribution < 1.29 is 14.7 Å². The van der Waals surface area contributed by atoms with Crippen LogP contribution in [0.3, 0.4) is 0 Å². The zero-order valence-electron chi connectivity index (χ0n) is 12.9. The summed E-state index contributed by atoms with van der Waals surface area (Å²) in [7, 11) is 1.63.